The highest BCUT2D eigenvalue weighted by molar-refractivity contribution is 9.11. The number of aromatic nitrogens is 1. The van der Waals surface area contributed by atoms with E-state index < -0.39 is 10.0 Å². The van der Waals surface area contributed by atoms with E-state index in [1.165, 1.54) is 0 Å². The van der Waals surface area contributed by atoms with Gasteiger partial charge in [-0.2, -0.15) is 0 Å². The lowest BCUT2D eigenvalue weighted by Gasteiger charge is -2.16. The first kappa shape index (κ1) is 16.4. The van der Waals surface area contributed by atoms with Gasteiger partial charge in [-0.1, -0.05) is 0 Å². The van der Waals surface area contributed by atoms with Crippen LogP contribution in [0.4, 0.5) is 5.69 Å². The van der Waals surface area contributed by atoms with Crippen molar-refractivity contribution in [2.75, 3.05) is 5.73 Å². The highest BCUT2D eigenvalue weighted by Crippen LogP contribution is 2.33. The Morgan fingerprint density at radius 2 is 1.71 bits per heavy atom. The number of hydrogen-bond donors (Lipinski definition) is 2. The first-order chi connectivity index (χ1) is 9.81. The summed E-state index contributed by atoms with van der Waals surface area (Å²) < 4.78 is 28.5. The summed E-state index contributed by atoms with van der Waals surface area (Å²) >= 11 is 6.48. The Kier molecular flexibility index (Phi) is 5.03. The largest absolute Gasteiger partial charge is 0.399 e. The molecule has 0 radical (unpaired) electrons. The summed E-state index contributed by atoms with van der Waals surface area (Å²) in [5, 5.41) is 0. The maximum absolute atomic E-state index is 12.5. The van der Waals surface area contributed by atoms with E-state index in [-0.39, 0.29) is 10.9 Å². The van der Waals surface area contributed by atoms with E-state index >= 15 is 0 Å². The summed E-state index contributed by atoms with van der Waals surface area (Å²) in [5.41, 5.74) is 6.98. The van der Waals surface area contributed by atoms with Gasteiger partial charge in [-0.3, -0.25) is 4.98 Å². The molecular formula is C13H13Br2N3O2S. The zero-order chi connectivity index (χ0) is 15.6. The summed E-state index contributed by atoms with van der Waals surface area (Å²) in [6, 6.07) is 6.25. The van der Waals surface area contributed by atoms with Crippen LogP contribution in [0.5, 0.6) is 0 Å². The summed E-state index contributed by atoms with van der Waals surface area (Å²) in [6.07, 6.45) is 3.24. The third-order valence-electron chi connectivity index (χ3n) is 2.83. The summed E-state index contributed by atoms with van der Waals surface area (Å²) in [4.78, 5) is 4.04. The molecule has 112 valence electrons. The van der Waals surface area contributed by atoms with E-state index in [2.05, 4.69) is 41.6 Å². The third-order valence-corrected chi connectivity index (χ3v) is 6.24. The number of sulfonamides is 1. The van der Waals surface area contributed by atoms with E-state index in [1.807, 2.05) is 0 Å². The normalized spacial score (nSPS) is 13.1. The minimum Gasteiger partial charge on any atom is -0.399 e. The Hall–Kier alpha value is -0.960. The lowest BCUT2D eigenvalue weighted by Crippen LogP contribution is -2.27. The SMILES string of the molecule is CC(NS(=O)(=O)c1c(Br)cc(N)cc1Br)c1ccncc1. The topological polar surface area (TPSA) is 85.1 Å². The molecule has 1 heterocycles. The molecule has 0 saturated heterocycles. The zero-order valence-electron chi connectivity index (χ0n) is 11.0. The highest BCUT2D eigenvalue weighted by Gasteiger charge is 2.24. The van der Waals surface area contributed by atoms with E-state index in [4.69, 9.17) is 5.73 Å². The average Bonchev–Trinajstić information content (AvgIpc) is 2.37. The van der Waals surface area contributed by atoms with Crippen LogP contribution in [0.25, 0.3) is 0 Å². The molecule has 3 N–H and O–H groups in total. The molecule has 0 bridgehead atoms. The van der Waals surface area contributed by atoms with Gasteiger partial charge in [0, 0.05) is 33.1 Å². The van der Waals surface area contributed by atoms with Crippen molar-refractivity contribution in [3.8, 4) is 0 Å². The summed E-state index contributed by atoms with van der Waals surface area (Å²) in [6.45, 7) is 1.77. The standard InChI is InChI=1S/C13H13Br2N3O2S/c1-8(9-2-4-17-5-3-9)18-21(19,20)13-11(14)6-10(16)7-12(13)15/h2-8,18H,16H2,1H3. The maximum atomic E-state index is 12.5. The lowest BCUT2D eigenvalue weighted by molar-refractivity contribution is 0.566. The Morgan fingerprint density at radius 3 is 2.24 bits per heavy atom. The Bertz CT molecular complexity index is 728. The molecule has 1 atom stereocenters. The minimum absolute atomic E-state index is 0.123. The van der Waals surface area contributed by atoms with Crippen LogP contribution in [0.1, 0.15) is 18.5 Å². The van der Waals surface area contributed by atoms with Crippen molar-refractivity contribution in [3.05, 3.63) is 51.2 Å². The second-order valence-corrected chi connectivity index (χ2v) is 7.80. The molecule has 1 aromatic heterocycles. The van der Waals surface area contributed by atoms with Gasteiger partial charge in [-0.15, -0.1) is 0 Å². The highest BCUT2D eigenvalue weighted by atomic mass is 79.9. The zero-order valence-corrected chi connectivity index (χ0v) is 15.0. The number of halogens is 2. The molecule has 8 heteroatoms. The van der Waals surface area contributed by atoms with Gasteiger partial charge in [0.2, 0.25) is 10.0 Å². The van der Waals surface area contributed by atoms with Gasteiger partial charge < -0.3 is 5.73 Å². The molecular weight excluding hydrogens is 422 g/mol. The number of pyridine rings is 1. The van der Waals surface area contributed by atoms with Crippen molar-refractivity contribution >= 4 is 47.6 Å². The number of nitrogens with one attached hydrogen (secondary N) is 1. The fourth-order valence-corrected chi connectivity index (χ4v) is 5.70. The Labute approximate surface area is 140 Å². The van der Waals surface area contributed by atoms with Gasteiger partial charge in [0.15, 0.2) is 0 Å². The number of benzene rings is 1. The monoisotopic (exact) mass is 433 g/mol. The molecule has 0 aliphatic carbocycles. The van der Waals surface area contributed by atoms with Crippen molar-refractivity contribution in [1.82, 2.24) is 9.71 Å². The predicted octanol–water partition coefficient (Wildman–Crippen LogP) is 3.23. The Morgan fingerprint density at radius 1 is 1.19 bits per heavy atom. The van der Waals surface area contributed by atoms with Gasteiger partial charge in [0.1, 0.15) is 4.90 Å². The summed E-state index contributed by atoms with van der Waals surface area (Å²) in [7, 11) is -3.71. The van der Waals surface area contributed by atoms with Gasteiger partial charge >= 0.3 is 0 Å². The van der Waals surface area contributed by atoms with Crippen molar-refractivity contribution in [1.29, 1.82) is 0 Å². The molecule has 1 aromatic carbocycles. The molecule has 21 heavy (non-hydrogen) atoms. The van der Waals surface area contributed by atoms with Crippen LogP contribution in [-0.4, -0.2) is 13.4 Å². The number of nitrogens with zero attached hydrogens (tertiary/aromatic N) is 1. The first-order valence-electron chi connectivity index (χ1n) is 5.98. The third kappa shape index (κ3) is 3.82. The minimum atomic E-state index is -3.71. The summed E-state index contributed by atoms with van der Waals surface area (Å²) in [5.74, 6) is 0. The van der Waals surface area contributed by atoms with Gasteiger partial charge in [0.05, 0.1) is 0 Å². The molecule has 0 aliphatic heterocycles. The first-order valence-corrected chi connectivity index (χ1v) is 9.05. The number of nitrogens with two attached hydrogens (primary N) is 1. The molecule has 0 saturated carbocycles. The fraction of sp³-hybridized carbons (Fsp3) is 0.154. The lowest BCUT2D eigenvalue weighted by atomic mass is 10.1. The molecule has 0 spiro atoms. The fourth-order valence-electron chi connectivity index (χ4n) is 1.85. The molecule has 2 rings (SSSR count). The van der Waals surface area contributed by atoms with Gasteiger partial charge in [-0.05, 0) is 68.6 Å². The number of nitrogen functional groups attached to an aromatic ring is 1. The number of hydrogen-bond acceptors (Lipinski definition) is 4. The van der Waals surface area contributed by atoms with Gasteiger partial charge in [0.25, 0.3) is 0 Å². The maximum Gasteiger partial charge on any atom is 0.243 e. The van der Waals surface area contributed by atoms with Crippen LogP contribution in [0.3, 0.4) is 0 Å². The molecule has 2 aromatic rings. The van der Waals surface area contributed by atoms with E-state index in [9.17, 15) is 8.42 Å². The number of anilines is 1. The van der Waals surface area contributed by atoms with Crippen LogP contribution < -0.4 is 10.5 Å². The predicted molar refractivity (Wildman–Crippen MR) is 89.2 cm³/mol. The Balaban J connectivity index is 2.36. The molecule has 0 fully saturated rings. The van der Waals surface area contributed by atoms with Crippen molar-refractivity contribution in [2.24, 2.45) is 0 Å². The molecule has 5 nitrogen and oxygen atoms in total. The van der Waals surface area contributed by atoms with E-state index in [1.54, 1.807) is 43.6 Å². The molecule has 1 unspecified atom stereocenters. The van der Waals surface area contributed by atoms with Crippen LogP contribution >= 0.6 is 31.9 Å². The van der Waals surface area contributed by atoms with Crippen molar-refractivity contribution < 1.29 is 8.42 Å². The quantitative estimate of drug-likeness (QED) is 0.723. The van der Waals surface area contributed by atoms with Gasteiger partial charge in [-0.25, -0.2) is 13.1 Å². The average molecular weight is 435 g/mol. The molecule has 0 aliphatic rings. The van der Waals surface area contributed by atoms with E-state index in [0.717, 1.165) is 5.56 Å². The smallest absolute Gasteiger partial charge is 0.243 e. The van der Waals surface area contributed by atoms with Crippen molar-refractivity contribution in [2.45, 2.75) is 17.9 Å². The second-order valence-electron chi connectivity index (χ2n) is 4.44. The van der Waals surface area contributed by atoms with Crippen LogP contribution in [0.15, 0.2) is 50.5 Å². The molecule has 0 amide bonds. The second kappa shape index (κ2) is 6.43. The van der Waals surface area contributed by atoms with Crippen molar-refractivity contribution in [3.63, 3.8) is 0 Å². The van der Waals surface area contributed by atoms with Crippen LogP contribution in [0, 0.1) is 0 Å². The van der Waals surface area contributed by atoms with E-state index in [0.29, 0.717) is 14.6 Å². The van der Waals surface area contributed by atoms with Crippen LogP contribution in [-0.2, 0) is 10.0 Å². The number of rotatable bonds is 4. The van der Waals surface area contributed by atoms with Crippen LogP contribution in [0.2, 0.25) is 0 Å².